The Balaban J connectivity index is 1.78. The van der Waals surface area contributed by atoms with Crippen LogP contribution in [-0.2, 0) is 10.2 Å². The molecule has 1 atom stereocenters. The highest BCUT2D eigenvalue weighted by Gasteiger charge is 2.28. The Kier molecular flexibility index (Phi) is 5.61. The number of hydrogen-bond acceptors (Lipinski definition) is 3. The maximum atomic E-state index is 12.2. The van der Waals surface area contributed by atoms with E-state index in [1.807, 2.05) is 38.1 Å². The van der Waals surface area contributed by atoms with Gasteiger partial charge in [0.1, 0.15) is 12.4 Å². The second kappa shape index (κ2) is 7.24. The molecule has 0 aromatic heterocycles. The predicted molar refractivity (Wildman–Crippen MR) is 83.6 cm³/mol. The summed E-state index contributed by atoms with van der Waals surface area (Å²) in [4.78, 5) is 0. The number of aryl methyl sites for hydroxylation is 1. The van der Waals surface area contributed by atoms with Gasteiger partial charge in [-0.15, -0.1) is 0 Å². The van der Waals surface area contributed by atoms with Crippen LogP contribution in [0.15, 0.2) is 24.3 Å². The Morgan fingerprint density at radius 1 is 1.29 bits per heavy atom. The summed E-state index contributed by atoms with van der Waals surface area (Å²) in [6.07, 6.45) is 2.97. The van der Waals surface area contributed by atoms with Crippen LogP contribution in [0.1, 0.15) is 31.7 Å². The van der Waals surface area contributed by atoms with E-state index in [0.717, 1.165) is 25.0 Å². The SMILES string of the molecule is Cc1ccc(OCCNS(=O)(=O)N2CCCC[C@H]2C)cc1. The molecule has 118 valence electrons. The molecule has 0 aliphatic carbocycles. The Hall–Kier alpha value is -1.11. The number of nitrogens with zero attached hydrogens (tertiary/aromatic N) is 1. The normalized spacial score (nSPS) is 20.4. The molecule has 1 saturated heterocycles. The highest BCUT2D eigenvalue weighted by Crippen LogP contribution is 2.18. The molecule has 1 aliphatic rings. The van der Waals surface area contributed by atoms with Gasteiger partial charge < -0.3 is 4.74 Å². The second-order valence-corrected chi connectivity index (χ2v) is 7.22. The summed E-state index contributed by atoms with van der Waals surface area (Å²) in [5.74, 6) is 0.756. The van der Waals surface area contributed by atoms with E-state index >= 15 is 0 Å². The van der Waals surface area contributed by atoms with E-state index in [9.17, 15) is 8.42 Å². The van der Waals surface area contributed by atoms with Crippen molar-refractivity contribution in [2.45, 2.75) is 39.2 Å². The number of benzene rings is 1. The minimum absolute atomic E-state index is 0.0780. The third-order valence-electron chi connectivity index (χ3n) is 3.73. The summed E-state index contributed by atoms with van der Waals surface area (Å²) < 4.78 is 34.1. The molecule has 1 fully saturated rings. The molecule has 0 saturated carbocycles. The highest BCUT2D eigenvalue weighted by atomic mass is 32.2. The van der Waals surface area contributed by atoms with Crippen molar-refractivity contribution in [3.8, 4) is 5.75 Å². The molecule has 0 unspecified atom stereocenters. The maximum absolute atomic E-state index is 12.2. The van der Waals surface area contributed by atoms with Crippen molar-refractivity contribution >= 4 is 10.2 Å². The number of nitrogens with one attached hydrogen (secondary N) is 1. The number of ether oxygens (including phenoxy) is 1. The zero-order chi connectivity index (χ0) is 15.3. The summed E-state index contributed by atoms with van der Waals surface area (Å²) in [7, 11) is -3.39. The van der Waals surface area contributed by atoms with Crippen molar-refractivity contribution in [3.05, 3.63) is 29.8 Å². The Morgan fingerprint density at radius 3 is 2.67 bits per heavy atom. The van der Waals surface area contributed by atoms with Crippen LogP contribution >= 0.6 is 0 Å². The summed E-state index contributed by atoms with van der Waals surface area (Å²) in [6, 6.07) is 7.78. The summed E-state index contributed by atoms with van der Waals surface area (Å²) >= 11 is 0. The predicted octanol–water partition coefficient (Wildman–Crippen LogP) is 2.08. The van der Waals surface area contributed by atoms with E-state index in [1.165, 1.54) is 5.56 Å². The molecule has 6 heteroatoms. The van der Waals surface area contributed by atoms with Crippen LogP contribution in [0.4, 0.5) is 0 Å². The Morgan fingerprint density at radius 2 is 2.00 bits per heavy atom. The zero-order valence-electron chi connectivity index (χ0n) is 12.7. The average molecular weight is 312 g/mol. The molecule has 0 radical (unpaired) electrons. The quantitative estimate of drug-likeness (QED) is 0.818. The fourth-order valence-corrected chi connectivity index (χ4v) is 3.94. The van der Waals surface area contributed by atoms with Gasteiger partial charge in [0.25, 0.3) is 10.2 Å². The first-order chi connectivity index (χ1) is 9.99. The molecule has 0 bridgehead atoms. The lowest BCUT2D eigenvalue weighted by molar-refractivity contribution is 0.262. The molecule has 0 amide bonds. The summed E-state index contributed by atoms with van der Waals surface area (Å²) in [5.41, 5.74) is 1.17. The lowest BCUT2D eigenvalue weighted by atomic mass is 10.1. The van der Waals surface area contributed by atoms with E-state index in [4.69, 9.17) is 4.74 Å². The van der Waals surface area contributed by atoms with E-state index in [-0.39, 0.29) is 12.6 Å². The van der Waals surface area contributed by atoms with Crippen LogP contribution in [0, 0.1) is 6.92 Å². The minimum atomic E-state index is -3.39. The molecule has 5 nitrogen and oxygen atoms in total. The van der Waals surface area contributed by atoms with Crippen LogP contribution in [0.2, 0.25) is 0 Å². The highest BCUT2D eigenvalue weighted by molar-refractivity contribution is 7.87. The minimum Gasteiger partial charge on any atom is -0.492 e. The van der Waals surface area contributed by atoms with Gasteiger partial charge in [-0.2, -0.15) is 17.4 Å². The lowest BCUT2D eigenvalue weighted by Crippen LogP contribution is -2.48. The molecule has 0 spiro atoms. The number of piperidine rings is 1. The van der Waals surface area contributed by atoms with Gasteiger partial charge >= 0.3 is 0 Å². The molecule has 2 rings (SSSR count). The third kappa shape index (κ3) is 4.69. The van der Waals surface area contributed by atoms with Crippen molar-refractivity contribution in [2.75, 3.05) is 19.7 Å². The van der Waals surface area contributed by atoms with E-state index in [2.05, 4.69) is 4.72 Å². The lowest BCUT2D eigenvalue weighted by Gasteiger charge is -2.32. The number of hydrogen-bond donors (Lipinski definition) is 1. The first-order valence-corrected chi connectivity index (χ1v) is 8.89. The van der Waals surface area contributed by atoms with Crippen molar-refractivity contribution in [3.63, 3.8) is 0 Å². The molecular weight excluding hydrogens is 288 g/mol. The van der Waals surface area contributed by atoms with E-state index in [1.54, 1.807) is 4.31 Å². The van der Waals surface area contributed by atoms with Crippen LogP contribution in [0.25, 0.3) is 0 Å². The second-order valence-electron chi connectivity index (χ2n) is 5.52. The Bertz CT molecular complexity index is 543. The van der Waals surface area contributed by atoms with E-state index in [0.29, 0.717) is 13.2 Å². The van der Waals surface area contributed by atoms with Gasteiger partial charge in [0.2, 0.25) is 0 Å². The first-order valence-electron chi connectivity index (χ1n) is 7.45. The van der Waals surface area contributed by atoms with Gasteiger partial charge in [0, 0.05) is 19.1 Å². The van der Waals surface area contributed by atoms with Crippen molar-refractivity contribution in [2.24, 2.45) is 0 Å². The largest absolute Gasteiger partial charge is 0.492 e. The van der Waals surface area contributed by atoms with Gasteiger partial charge in [-0.3, -0.25) is 0 Å². The van der Waals surface area contributed by atoms with Gasteiger partial charge in [-0.05, 0) is 38.8 Å². The van der Waals surface area contributed by atoms with Gasteiger partial charge in [0.15, 0.2) is 0 Å². The average Bonchev–Trinajstić information content (AvgIpc) is 2.46. The smallest absolute Gasteiger partial charge is 0.279 e. The first kappa shape index (κ1) is 16.3. The van der Waals surface area contributed by atoms with Crippen molar-refractivity contribution < 1.29 is 13.2 Å². The maximum Gasteiger partial charge on any atom is 0.279 e. The van der Waals surface area contributed by atoms with Crippen molar-refractivity contribution in [1.82, 2.24) is 9.03 Å². The topological polar surface area (TPSA) is 58.6 Å². The molecule has 1 aromatic rings. The van der Waals surface area contributed by atoms with E-state index < -0.39 is 10.2 Å². The van der Waals surface area contributed by atoms with Crippen LogP contribution in [0.5, 0.6) is 5.75 Å². The molecular formula is C15H24N2O3S. The summed E-state index contributed by atoms with van der Waals surface area (Å²) in [6.45, 7) is 5.18. The number of rotatable bonds is 6. The van der Waals surface area contributed by atoms with Gasteiger partial charge in [-0.1, -0.05) is 24.1 Å². The third-order valence-corrected chi connectivity index (χ3v) is 5.46. The molecule has 1 aliphatic heterocycles. The zero-order valence-corrected chi connectivity index (χ0v) is 13.5. The van der Waals surface area contributed by atoms with Crippen molar-refractivity contribution in [1.29, 1.82) is 0 Å². The monoisotopic (exact) mass is 312 g/mol. The Labute approximate surface area is 127 Å². The van der Waals surface area contributed by atoms with Gasteiger partial charge in [0.05, 0.1) is 0 Å². The fourth-order valence-electron chi connectivity index (χ4n) is 2.49. The van der Waals surface area contributed by atoms with Crippen LogP contribution in [0.3, 0.4) is 0 Å². The molecule has 1 heterocycles. The van der Waals surface area contributed by atoms with Crippen LogP contribution < -0.4 is 9.46 Å². The molecule has 1 aromatic carbocycles. The summed E-state index contributed by atoms with van der Waals surface area (Å²) in [5, 5.41) is 0. The molecule has 1 N–H and O–H groups in total. The standard InChI is InChI=1S/C15H24N2O3S/c1-13-6-8-15(9-7-13)20-12-10-16-21(18,19)17-11-4-3-5-14(17)2/h6-9,14,16H,3-5,10-12H2,1-2H3/t14-/m1/s1. The van der Waals surface area contributed by atoms with Gasteiger partial charge in [-0.25, -0.2) is 0 Å². The molecule has 21 heavy (non-hydrogen) atoms. The fraction of sp³-hybridized carbons (Fsp3) is 0.600. The van der Waals surface area contributed by atoms with Crippen LogP contribution in [-0.4, -0.2) is 38.5 Å².